The van der Waals surface area contributed by atoms with Crippen LogP contribution in [-0.4, -0.2) is 6.61 Å². The largest absolute Gasteiger partial charge is 0.237 e. The smallest absolute Gasteiger partial charge is 0.0822 e. The highest BCUT2D eigenvalue weighted by atomic mass is 35.5. The van der Waals surface area contributed by atoms with Crippen LogP contribution in [0.15, 0.2) is 24.3 Å². The Labute approximate surface area is 97.1 Å². The number of aryl methyl sites for hydroxylation is 1. The van der Waals surface area contributed by atoms with Crippen LogP contribution in [0.4, 0.5) is 0 Å². The van der Waals surface area contributed by atoms with Gasteiger partial charge < -0.3 is 0 Å². The van der Waals surface area contributed by atoms with E-state index >= 15 is 0 Å². The zero-order valence-corrected chi connectivity index (χ0v) is 9.80. The number of hydrogen-bond donors (Lipinski definition) is 0. The monoisotopic (exact) mass is 225 g/mol. The van der Waals surface area contributed by atoms with Gasteiger partial charge in [-0.25, -0.2) is 5.11 Å². The third kappa shape index (κ3) is 5.81. The zero-order chi connectivity index (χ0) is 10.9. The van der Waals surface area contributed by atoms with Crippen LogP contribution in [-0.2, 0) is 11.5 Å². The van der Waals surface area contributed by atoms with Gasteiger partial charge in [-0.1, -0.05) is 43.0 Å². The van der Waals surface area contributed by atoms with Crippen LogP contribution < -0.4 is 0 Å². The molecule has 1 radical (unpaired) electrons. The van der Waals surface area contributed by atoms with E-state index in [-0.39, 0.29) is 6.61 Å². The lowest BCUT2D eigenvalue weighted by Crippen LogP contribution is -1.86. The molecule has 0 bridgehead atoms. The Hall–Kier alpha value is -0.530. The topological polar surface area (TPSA) is 19.9 Å². The minimum atomic E-state index is 0.0805. The summed E-state index contributed by atoms with van der Waals surface area (Å²) >= 11 is 5.80. The molecule has 0 amide bonds. The average Bonchev–Trinajstić information content (AvgIpc) is 2.26. The van der Waals surface area contributed by atoms with Crippen molar-refractivity contribution < 1.29 is 5.11 Å². The summed E-state index contributed by atoms with van der Waals surface area (Å²) in [6.45, 7) is 0.0805. The van der Waals surface area contributed by atoms with Gasteiger partial charge in [0, 0.05) is 5.02 Å². The second kappa shape index (κ2) is 7.72. The van der Waals surface area contributed by atoms with E-state index in [0.717, 1.165) is 24.3 Å². The van der Waals surface area contributed by atoms with Gasteiger partial charge in [-0.05, 0) is 37.0 Å². The number of unbranched alkanes of at least 4 members (excludes halogenated alkanes) is 4. The second-order valence-corrected chi connectivity index (χ2v) is 4.28. The summed E-state index contributed by atoms with van der Waals surface area (Å²) in [5.41, 5.74) is 1.35. The Morgan fingerprint density at radius 2 is 1.47 bits per heavy atom. The van der Waals surface area contributed by atoms with Crippen LogP contribution in [0.3, 0.4) is 0 Å². The molecule has 1 aromatic rings. The molecule has 1 aromatic carbocycles. The molecule has 0 unspecified atom stereocenters. The van der Waals surface area contributed by atoms with Crippen molar-refractivity contribution in [3.8, 4) is 0 Å². The Balaban J connectivity index is 2.07. The number of hydrogen-bond acceptors (Lipinski definition) is 0. The number of halogens is 1. The maximum Gasteiger partial charge on any atom is 0.0822 e. The molecule has 2 heteroatoms. The molecule has 0 aliphatic carbocycles. The molecule has 0 atom stereocenters. The van der Waals surface area contributed by atoms with Gasteiger partial charge >= 0.3 is 0 Å². The van der Waals surface area contributed by atoms with E-state index in [1.165, 1.54) is 24.8 Å². The summed E-state index contributed by atoms with van der Waals surface area (Å²) in [5.74, 6) is 0. The lowest BCUT2D eigenvalue weighted by molar-refractivity contribution is 0.186. The predicted octanol–water partition coefficient (Wildman–Crippen LogP) is 4.26. The summed E-state index contributed by atoms with van der Waals surface area (Å²) in [5, 5.41) is 11.0. The van der Waals surface area contributed by atoms with Gasteiger partial charge in [-0.3, -0.25) is 0 Å². The Morgan fingerprint density at radius 1 is 0.867 bits per heavy atom. The highest BCUT2D eigenvalue weighted by Crippen LogP contribution is 2.12. The fraction of sp³-hybridized carbons (Fsp3) is 0.538. The van der Waals surface area contributed by atoms with Gasteiger partial charge in [-0.2, -0.15) is 0 Å². The molecule has 1 rings (SSSR count). The Kier molecular flexibility index (Phi) is 6.45. The molecule has 0 spiro atoms. The molecule has 83 valence electrons. The zero-order valence-electron chi connectivity index (χ0n) is 9.05. The maximum atomic E-state index is 10.2. The van der Waals surface area contributed by atoms with Crippen LogP contribution in [0.25, 0.3) is 0 Å². The molecule has 0 saturated heterocycles. The third-order valence-corrected chi connectivity index (χ3v) is 2.78. The fourth-order valence-electron chi connectivity index (χ4n) is 1.61. The first-order chi connectivity index (χ1) is 7.33. The lowest BCUT2D eigenvalue weighted by Gasteiger charge is -2.01. The van der Waals surface area contributed by atoms with Gasteiger partial charge in [-0.15, -0.1) is 0 Å². The highest BCUT2D eigenvalue weighted by Gasteiger charge is 1.94. The Bertz CT molecular complexity index is 256. The van der Waals surface area contributed by atoms with Crippen LogP contribution >= 0.6 is 11.6 Å². The number of benzene rings is 1. The lowest BCUT2D eigenvalue weighted by atomic mass is 10.1. The van der Waals surface area contributed by atoms with Gasteiger partial charge in [0.25, 0.3) is 0 Å². The third-order valence-electron chi connectivity index (χ3n) is 2.52. The molecule has 0 N–H and O–H groups in total. The van der Waals surface area contributed by atoms with Crippen LogP contribution in [0.2, 0.25) is 5.02 Å². The van der Waals surface area contributed by atoms with Crippen molar-refractivity contribution in [1.29, 1.82) is 0 Å². The van der Waals surface area contributed by atoms with Crippen molar-refractivity contribution in [3.63, 3.8) is 0 Å². The molecule has 0 aromatic heterocycles. The summed E-state index contributed by atoms with van der Waals surface area (Å²) in [4.78, 5) is 0. The summed E-state index contributed by atoms with van der Waals surface area (Å²) < 4.78 is 0. The van der Waals surface area contributed by atoms with Crippen molar-refractivity contribution in [1.82, 2.24) is 0 Å². The highest BCUT2D eigenvalue weighted by molar-refractivity contribution is 6.30. The van der Waals surface area contributed by atoms with Crippen molar-refractivity contribution in [2.75, 3.05) is 6.61 Å². The van der Waals surface area contributed by atoms with Crippen LogP contribution in [0.5, 0.6) is 0 Å². The van der Waals surface area contributed by atoms with Gasteiger partial charge in [0.1, 0.15) is 0 Å². The minimum Gasteiger partial charge on any atom is -0.237 e. The van der Waals surface area contributed by atoms with E-state index in [1.807, 2.05) is 12.1 Å². The number of rotatable bonds is 7. The Morgan fingerprint density at radius 3 is 2.13 bits per heavy atom. The second-order valence-electron chi connectivity index (χ2n) is 3.85. The first-order valence-corrected chi connectivity index (χ1v) is 6.03. The van der Waals surface area contributed by atoms with Gasteiger partial charge in [0.15, 0.2) is 0 Å². The SMILES string of the molecule is [O]CCCCCCCc1ccc(Cl)cc1. The molecule has 0 fully saturated rings. The van der Waals surface area contributed by atoms with Crippen LogP contribution in [0, 0.1) is 0 Å². The van der Waals surface area contributed by atoms with E-state index in [9.17, 15) is 5.11 Å². The normalized spacial score (nSPS) is 10.5. The van der Waals surface area contributed by atoms with Crippen molar-refractivity contribution in [2.45, 2.75) is 38.5 Å². The predicted molar refractivity (Wildman–Crippen MR) is 63.8 cm³/mol. The molecule has 15 heavy (non-hydrogen) atoms. The summed E-state index contributed by atoms with van der Waals surface area (Å²) in [6.07, 6.45) is 6.67. The maximum absolute atomic E-state index is 10.2. The minimum absolute atomic E-state index is 0.0805. The fourth-order valence-corrected chi connectivity index (χ4v) is 1.74. The van der Waals surface area contributed by atoms with E-state index in [2.05, 4.69) is 12.1 Å². The van der Waals surface area contributed by atoms with Crippen molar-refractivity contribution >= 4 is 11.6 Å². The van der Waals surface area contributed by atoms with Gasteiger partial charge in [0.2, 0.25) is 0 Å². The van der Waals surface area contributed by atoms with E-state index in [1.54, 1.807) is 0 Å². The van der Waals surface area contributed by atoms with Crippen LogP contribution in [0.1, 0.15) is 37.7 Å². The quantitative estimate of drug-likeness (QED) is 0.618. The molecule has 0 aliphatic rings. The molecule has 1 nitrogen and oxygen atoms in total. The molecular weight excluding hydrogens is 208 g/mol. The molecule has 0 aliphatic heterocycles. The average molecular weight is 226 g/mol. The molecular formula is C13H18ClO. The first kappa shape index (κ1) is 12.5. The van der Waals surface area contributed by atoms with E-state index in [4.69, 9.17) is 11.6 Å². The molecule has 0 saturated carbocycles. The van der Waals surface area contributed by atoms with Crippen molar-refractivity contribution in [3.05, 3.63) is 34.9 Å². The van der Waals surface area contributed by atoms with Crippen molar-refractivity contribution in [2.24, 2.45) is 0 Å². The molecule has 0 heterocycles. The van der Waals surface area contributed by atoms with E-state index < -0.39 is 0 Å². The standard InChI is InChI=1S/C13H18ClO/c14-13-9-7-12(8-10-13)6-4-2-1-3-5-11-15/h7-10H,1-6,11H2. The van der Waals surface area contributed by atoms with E-state index in [0.29, 0.717) is 0 Å². The first-order valence-electron chi connectivity index (χ1n) is 5.65. The summed E-state index contributed by atoms with van der Waals surface area (Å²) in [6, 6.07) is 8.04. The van der Waals surface area contributed by atoms with Gasteiger partial charge in [0.05, 0.1) is 6.61 Å². The summed E-state index contributed by atoms with van der Waals surface area (Å²) in [7, 11) is 0.